The maximum absolute atomic E-state index is 10.5. The van der Waals surface area contributed by atoms with E-state index in [4.69, 9.17) is 19.9 Å². The molecule has 0 spiro atoms. The number of benzene rings is 2. The molecule has 28 heavy (non-hydrogen) atoms. The summed E-state index contributed by atoms with van der Waals surface area (Å²) >= 11 is 0. The van der Waals surface area contributed by atoms with Crippen molar-refractivity contribution in [3.8, 4) is 23.0 Å². The summed E-state index contributed by atoms with van der Waals surface area (Å²) in [6, 6.07) is 7.50. The summed E-state index contributed by atoms with van der Waals surface area (Å²) in [6.07, 6.45) is 4.02. The van der Waals surface area contributed by atoms with Gasteiger partial charge in [-0.1, -0.05) is 6.07 Å². The fourth-order valence-electron chi connectivity index (χ4n) is 3.14. The number of phenolic OH excluding ortho intramolecular Hbond substituents is 1. The van der Waals surface area contributed by atoms with Crippen LogP contribution in [0.15, 0.2) is 36.7 Å². The number of aromatic nitrogens is 1. The van der Waals surface area contributed by atoms with Gasteiger partial charge in [-0.3, -0.25) is 4.98 Å². The highest BCUT2D eigenvalue weighted by Crippen LogP contribution is 2.38. The highest BCUT2D eigenvalue weighted by molar-refractivity contribution is 5.92. The molecule has 0 saturated heterocycles. The second-order valence-electron chi connectivity index (χ2n) is 6.07. The quantitative estimate of drug-likeness (QED) is 0.569. The van der Waals surface area contributed by atoms with Crippen molar-refractivity contribution < 1.29 is 19.3 Å². The van der Waals surface area contributed by atoms with Gasteiger partial charge in [-0.2, -0.15) is 0 Å². The van der Waals surface area contributed by atoms with Crippen LogP contribution in [0.25, 0.3) is 10.8 Å². The van der Waals surface area contributed by atoms with Gasteiger partial charge in [-0.05, 0) is 55.0 Å². The van der Waals surface area contributed by atoms with Crippen molar-refractivity contribution in [2.45, 2.75) is 20.3 Å². The number of phenols is 1. The highest BCUT2D eigenvalue weighted by Gasteiger charge is 2.14. The lowest BCUT2D eigenvalue weighted by Gasteiger charge is -2.15. The van der Waals surface area contributed by atoms with Gasteiger partial charge in [0.25, 0.3) is 0 Å². The normalized spacial score (nSPS) is 10.4. The van der Waals surface area contributed by atoms with Crippen LogP contribution in [-0.2, 0) is 6.42 Å². The smallest absolute Gasteiger partial charge is 0.184 e. The molecule has 3 rings (SSSR count). The van der Waals surface area contributed by atoms with E-state index in [1.54, 1.807) is 25.6 Å². The molecule has 150 valence electrons. The fraction of sp³-hybridized carbons (Fsp3) is 0.286. The maximum atomic E-state index is 10.5. The summed E-state index contributed by atoms with van der Waals surface area (Å²) in [5, 5.41) is 12.0. The molecule has 0 aliphatic carbocycles. The second-order valence-corrected chi connectivity index (χ2v) is 6.07. The van der Waals surface area contributed by atoms with E-state index in [1.165, 1.54) is 0 Å². The number of rotatable bonds is 7. The van der Waals surface area contributed by atoms with Crippen molar-refractivity contribution >= 4 is 28.9 Å². The van der Waals surface area contributed by atoms with Crippen molar-refractivity contribution in [2.75, 3.05) is 26.1 Å². The topological polar surface area (TPSA) is 86.8 Å². The van der Waals surface area contributed by atoms with E-state index in [1.807, 2.05) is 32.0 Å². The number of ether oxygens (including phenoxy) is 3. The minimum absolute atomic E-state index is 0. The molecule has 1 aromatic heterocycles. The third-order valence-electron chi connectivity index (χ3n) is 4.31. The largest absolute Gasteiger partial charge is 0.504 e. The fourth-order valence-corrected chi connectivity index (χ4v) is 3.14. The average Bonchev–Trinajstić information content (AvgIpc) is 2.66. The van der Waals surface area contributed by atoms with Gasteiger partial charge in [0, 0.05) is 17.8 Å². The van der Waals surface area contributed by atoms with Crippen LogP contribution < -0.4 is 19.9 Å². The van der Waals surface area contributed by atoms with Gasteiger partial charge >= 0.3 is 0 Å². The molecule has 0 bridgehead atoms. The van der Waals surface area contributed by atoms with Crippen molar-refractivity contribution in [3.05, 3.63) is 47.8 Å². The summed E-state index contributed by atoms with van der Waals surface area (Å²) in [5.41, 5.74) is 8.62. The number of nitrogen functional groups attached to an aromatic ring is 1. The zero-order chi connectivity index (χ0) is 19.4. The Labute approximate surface area is 170 Å². The molecule has 0 radical (unpaired) electrons. The van der Waals surface area contributed by atoms with Crippen molar-refractivity contribution in [3.63, 3.8) is 0 Å². The third kappa shape index (κ3) is 4.17. The Morgan fingerprint density at radius 2 is 1.75 bits per heavy atom. The van der Waals surface area contributed by atoms with Gasteiger partial charge in [-0.15, -0.1) is 12.4 Å². The first kappa shape index (κ1) is 21.4. The predicted octanol–water partition coefficient (Wildman–Crippen LogP) is 4.34. The number of hydrogen-bond acceptors (Lipinski definition) is 6. The molecule has 6 nitrogen and oxygen atoms in total. The average molecular weight is 405 g/mol. The van der Waals surface area contributed by atoms with E-state index in [0.717, 1.165) is 16.5 Å². The zero-order valence-corrected chi connectivity index (χ0v) is 17.0. The summed E-state index contributed by atoms with van der Waals surface area (Å²) in [7, 11) is 1.59. The molecule has 0 amide bonds. The minimum atomic E-state index is 0. The zero-order valence-electron chi connectivity index (χ0n) is 16.2. The Kier molecular flexibility index (Phi) is 7.18. The Bertz CT molecular complexity index is 963. The lowest BCUT2D eigenvalue weighted by Crippen LogP contribution is -2.02. The summed E-state index contributed by atoms with van der Waals surface area (Å²) in [6.45, 7) is 4.77. The third-order valence-corrected chi connectivity index (χ3v) is 4.31. The van der Waals surface area contributed by atoms with Crippen LogP contribution in [-0.4, -0.2) is 30.4 Å². The Hall–Kier alpha value is -2.86. The van der Waals surface area contributed by atoms with E-state index < -0.39 is 0 Å². The van der Waals surface area contributed by atoms with Crippen LogP contribution in [0.1, 0.15) is 25.0 Å². The number of halogens is 1. The lowest BCUT2D eigenvalue weighted by atomic mass is 9.99. The van der Waals surface area contributed by atoms with Gasteiger partial charge in [-0.25, -0.2) is 0 Å². The SMILES string of the molecule is CCOc1ccc2c(Cc3cc(N)c(OCC)c(OC)c3)cncc2c1O.Cl. The number of nitrogens with two attached hydrogens (primary N) is 1. The summed E-state index contributed by atoms with van der Waals surface area (Å²) < 4.78 is 16.5. The molecule has 0 saturated carbocycles. The van der Waals surface area contributed by atoms with Gasteiger partial charge < -0.3 is 25.1 Å². The van der Waals surface area contributed by atoms with Crippen molar-refractivity contribution in [2.24, 2.45) is 0 Å². The summed E-state index contributed by atoms with van der Waals surface area (Å²) in [5.74, 6) is 1.71. The monoisotopic (exact) mass is 404 g/mol. The molecule has 0 aliphatic heterocycles. The van der Waals surface area contributed by atoms with E-state index in [9.17, 15) is 5.11 Å². The molecular formula is C21H25ClN2O4. The van der Waals surface area contributed by atoms with E-state index in [2.05, 4.69) is 4.98 Å². The van der Waals surface area contributed by atoms with Gasteiger partial charge in [0.15, 0.2) is 23.0 Å². The number of anilines is 1. The molecule has 1 heterocycles. The number of methoxy groups -OCH3 is 1. The molecule has 0 fully saturated rings. The Morgan fingerprint density at radius 3 is 2.43 bits per heavy atom. The highest BCUT2D eigenvalue weighted by atomic mass is 35.5. The molecule has 0 unspecified atom stereocenters. The van der Waals surface area contributed by atoms with Gasteiger partial charge in [0.05, 0.1) is 26.0 Å². The molecule has 0 aliphatic rings. The van der Waals surface area contributed by atoms with Crippen molar-refractivity contribution in [1.82, 2.24) is 4.98 Å². The Balaban J connectivity index is 0.00000280. The first-order valence-corrected chi connectivity index (χ1v) is 8.89. The maximum Gasteiger partial charge on any atom is 0.184 e. The molecule has 3 aromatic rings. The first-order chi connectivity index (χ1) is 13.1. The number of pyridine rings is 1. The minimum Gasteiger partial charge on any atom is -0.504 e. The standard InChI is InChI=1S/C21H24N2O4.ClH/c1-4-26-18-7-6-15-14(11-23-12-16(15)20(18)24)8-13-9-17(22)21(27-5-2)19(10-13)25-3;/h6-7,9-12,24H,4-5,8,22H2,1-3H3;1H. The van der Waals surface area contributed by atoms with Crippen molar-refractivity contribution in [1.29, 1.82) is 0 Å². The molecule has 7 heteroatoms. The number of fused-ring (bicyclic) bond motifs is 1. The number of aromatic hydroxyl groups is 1. The predicted molar refractivity (Wildman–Crippen MR) is 113 cm³/mol. The Morgan fingerprint density at radius 1 is 1.00 bits per heavy atom. The lowest BCUT2D eigenvalue weighted by molar-refractivity contribution is 0.312. The van der Waals surface area contributed by atoms with E-state index in [-0.39, 0.29) is 18.2 Å². The molecule has 0 atom stereocenters. The van der Waals surface area contributed by atoms with Crippen LogP contribution in [0.4, 0.5) is 5.69 Å². The second kappa shape index (κ2) is 9.37. The summed E-state index contributed by atoms with van der Waals surface area (Å²) in [4.78, 5) is 4.28. The molecular weight excluding hydrogens is 380 g/mol. The number of hydrogen-bond donors (Lipinski definition) is 2. The van der Waals surface area contributed by atoms with E-state index >= 15 is 0 Å². The van der Waals surface area contributed by atoms with Crippen LogP contribution in [0.3, 0.4) is 0 Å². The van der Waals surface area contributed by atoms with Gasteiger partial charge in [0.1, 0.15) is 0 Å². The molecule has 2 aromatic carbocycles. The van der Waals surface area contributed by atoms with Crippen LogP contribution in [0.2, 0.25) is 0 Å². The number of nitrogens with zero attached hydrogens (tertiary/aromatic N) is 1. The van der Waals surface area contributed by atoms with Gasteiger partial charge in [0.2, 0.25) is 0 Å². The molecule has 3 N–H and O–H groups in total. The van der Waals surface area contributed by atoms with Crippen LogP contribution >= 0.6 is 12.4 Å². The first-order valence-electron chi connectivity index (χ1n) is 8.89. The van der Waals surface area contributed by atoms with Crippen LogP contribution in [0, 0.1) is 0 Å². The van der Waals surface area contributed by atoms with E-state index in [0.29, 0.717) is 48.0 Å². The van der Waals surface area contributed by atoms with Crippen LogP contribution in [0.5, 0.6) is 23.0 Å².